The Bertz CT molecular complexity index is 1450. The van der Waals surface area contributed by atoms with Gasteiger partial charge in [0.05, 0.1) is 24.5 Å². The lowest BCUT2D eigenvalue weighted by atomic mass is 9.95. The Hall–Kier alpha value is -4.17. The molecule has 0 unspecified atom stereocenters. The number of pyridine rings is 1. The number of methoxy groups -OCH3 is 1. The molecule has 2 N–H and O–H groups in total. The largest absolute Gasteiger partial charge is 0.494 e. The molecule has 1 saturated heterocycles. The molecular formula is C30H31N5O2S. The number of amides is 1. The summed E-state index contributed by atoms with van der Waals surface area (Å²) in [5.74, 6) is 0.470. The summed E-state index contributed by atoms with van der Waals surface area (Å²) in [5, 5.41) is 7.08. The summed E-state index contributed by atoms with van der Waals surface area (Å²) in [4.78, 5) is 19.4. The van der Waals surface area contributed by atoms with Gasteiger partial charge in [-0.05, 0) is 60.7 Å². The van der Waals surface area contributed by atoms with Crippen LogP contribution in [0.1, 0.15) is 44.2 Å². The molecule has 0 aliphatic carbocycles. The highest BCUT2D eigenvalue weighted by Gasteiger charge is 2.42. The van der Waals surface area contributed by atoms with E-state index >= 15 is 0 Å². The van der Waals surface area contributed by atoms with Crippen LogP contribution in [-0.4, -0.2) is 27.7 Å². The van der Waals surface area contributed by atoms with E-state index in [2.05, 4.69) is 49.5 Å². The minimum atomic E-state index is -0.534. The van der Waals surface area contributed by atoms with E-state index in [1.54, 1.807) is 13.3 Å². The molecule has 194 valence electrons. The van der Waals surface area contributed by atoms with E-state index in [-0.39, 0.29) is 18.0 Å². The summed E-state index contributed by atoms with van der Waals surface area (Å²) >= 11 is 5.91. The number of anilines is 2. The van der Waals surface area contributed by atoms with Gasteiger partial charge in [-0.1, -0.05) is 45.0 Å². The number of rotatable bonds is 6. The summed E-state index contributed by atoms with van der Waals surface area (Å²) in [6, 6.07) is 25.6. The van der Waals surface area contributed by atoms with Crippen LogP contribution in [-0.2, 0) is 4.79 Å². The predicted molar refractivity (Wildman–Crippen MR) is 155 cm³/mol. The van der Waals surface area contributed by atoms with Gasteiger partial charge in [0.1, 0.15) is 11.8 Å². The lowest BCUT2D eigenvalue weighted by Gasteiger charge is -2.29. The van der Waals surface area contributed by atoms with E-state index < -0.39 is 5.41 Å². The molecule has 1 fully saturated rings. The van der Waals surface area contributed by atoms with E-state index in [4.69, 9.17) is 17.0 Å². The zero-order valence-corrected chi connectivity index (χ0v) is 22.7. The maximum atomic E-state index is 12.7. The average molecular weight is 526 g/mol. The van der Waals surface area contributed by atoms with Crippen LogP contribution in [0.5, 0.6) is 5.75 Å². The lowest BCUT2D eigenvalue weighted by molar-refractivity contribution is -0.123. The van der Waals surface area contributed by atoms with Crippen LogP contribution in [0, 0.1) is 5.41 Å². The van der Waals surface area contributed by atoms with Gasteiger partial charge >= 0.3 is 0 Å². The molecule has 0 saturated carbocycles. The zero-order valence-electron chi connectivity index (χ0n) is 21.9. The van der Waals surface area contributed by atoms with E-state index in [9.17, 15) is 4.79 Å². The molecule has 4 aromatic rings. The molecule has 1 aliphatic rings. The molecule has 7 nitrogen and oxygen atoms in total. The molecule has 0 bridgehead atoms. The fraction of sp³-hybridized carbons (Fsp3) is 0.233. The number of aromatic nitrogens is 2. The van der Waals surface area contributed by atoms with Crippen LogP contribution in [0.25, 0.3) is 5.69 Å². The molecule has 2 atom stereocenters. The Morgan fingerprint density at radius 1 is 1.00 bits per heavy atom. The summed E-state index contributed by atoms with van der Waals surface area (Å²) in [7, 11) is 1.60. The highest BCUT2D eigenvalue weighted by molar-refractivity contribution is 7.80. The van der Waals surface area contributed by atoms with Gasteiger partial charge in [-0.25, -0.2) is 0 Å². The Labute approximate surface area is 228 Å². The van der Waals surface area contributed by atoms with E-state index in [0.717, 1.165) is 22.8 Å². The van der Waals surface area contributed by atoms with Gasteiger partial charge in [-0.2, -0.15) is 0 Å². The van der Waals surface area contributed by atoms with Crippen molar-refractivity contribution < 1.29 is 9.53 Å². The molecule has 1 amide bonds. The average Bonchev–Trinajstić information content (AvgIpc) is 3.53. The second-order valence-corrected chi connectivity index (χ2v) is 10.6. The first kappa shape index (κ1) is 25.5. The van der Waals surface area contributed by atoms with Gasteiger partial charge in [-0.3, -0.25) is 9.78 Å². The third-order valence-electron chi connectivity index (χ3n) is 6.61. The fourth-order valence-corrected chi connectivity index (χ4v) is 4.98. The number of para-hydroxylation sites is 1. The molecule has 0 spiro atoms. The Balaban J connectivity index is 1.60. The van der Waals surface area contributed by atoms with Crippen molar-refractivity contribution in [2.24, 2.45) is 5.41 Å². The standard InChI is InChI=1S/C30H31N5O2S/c1-30(2,3)28(36)32-22-16-15-21(19-25(22)37-4)35-27(26(33-29(35)38)23-13-8-9-17-31-23)24-14-10-18-34(24)20-11-6-5-7-12-20/h5-19,26-27H,1-4H3,(H,32,36)(H,33,38)/t26-,27+/m1/s1. The molecule has 38 heavy (non-hydrogen) atoms. The van der Waals surface area contributed by atoms with Crippen molar-refractivity contribution in [1.82, 2.24) is 14.9 Å². The number of nitrogens with zero attached hydrogens (tertiary/aromatic N) is 3. The third-order valence-corrected chi connectivity index (χ3v) is 6.92. The number of nitrogens with one attached hydrogen (secondary N) is 2. The van der Waals surface area contributed by atoms with Crippen molar-refractivity contribution >= 4 is 34.6 Å². The first-order valence-electron chi connectivity index (χ1n) is 12.5. The molecule has 1 aliphatic heterocycles. The van der Waals surface area contributed by atoms with Gasteiger partial charge in [0.2, 0.25) is 5.91 Å². The third kappa shape index (κ3) is 4.87. The van der Waals surface area contributed by atoms with E-state index in [1.165, 1.54) is 0 Å². The smallest absolute Gasteiger partial charge is 0.229 e. The molecule has 5 rings (SSSR count). The summed E-state index contributed by atoms with van der Waals surface area (Å²) in [6.07, 6.45) is 3.86. The topological polar surface area (TPSA) is 71.4 Å². The fourth-order valence-electron chi connectivity index (χ4n) is 4.64. The summed E-state index contributed by atoms with van der Waals surface area (Å²) in [5.41, 5.74) is 3.93. The summed E-state index contributed by atoms with van der Waals surface area (Å²) in [6.45, 7) is 5.63. The Morgan fingerprint density at radius 2 is 1.76 bits per heavy atom. The van der Waals surface area contributed by atoms with Gasteiger partial charge in [0.15, 0.2) is 5.11 Å². The summed E-state index contributed by atoms with van der Waals surface area (Å²) < 4.78 is 7.88. The zero-order chi connectivity index (χ0) is 26.9. The van der Waals surface area contributed by atoms with Crippen molar-refractivity contribution in [3.05, 3.63) is 103 Å². The van der Waals surface area contributed by atoms with Crippen LogP contribution in [0.15, 0.2) is 91.3 Å². The van der Waals surface area contributed by atoms with Gasteiger partial charge in [-0.15, -0.1) is 0 Å². The van der Waals surface area contributed by atoms with Gasteiger partial charge in [0, 0.05) is 40.9 Å². The second-order valence-electron chi connectivity index (χ2n) is 10.2. The molecule has 2 aromatic carbocycles. The normalized spacial score (nSPS) is 17.3. The minimum absolute atomic E-state index is 0.0873. The van der Waals surface area contributed by atoms with Crippen LogP contribution in [0.3, 0.4) is 0 Å². The molecular weight excluding hydrogens is 494 g/mol. The lowest BCUT2D eigenvalue weighted by Crippen LogP contribution is -2.30. The van der Waals surface area contributed by atoms with Crippen LogP contribution < -0.4 is 20.3 Å². The molecule has 3 heterocycles. The molecule has 0 radical (unpaired) electrons. The first-order chi connectivity index (χ1) is 18.3. The quantitative estimate of drug-likeness (QED) is 0.299. The number of carbonyl (C=O) groups excluding carboxylic acids is 1. The highest BCUT2D eigenvalue weighted by Crippen LogP contribution is 2.44. The number of hydrogen-bond donors (Lipinski definition) is 2. The maximum absolute atomic E-state index is 12.7. The SMILES string of the molecule is COc1cc(N2C(=S)N[C@H](c3ccccn3)[C@@H]2c2cccn2-c2ccccc2)ccc1NC(=O)C(C)(C)C. The number of hydrogen-bond acceptors (Lipinski definition) is 4. The Kier molecular flexibility index (Phi) is 6.91. The van der Waals surface area contributed by atoms with Crippen molar-refractivity contribution in [3.63, 3.8) is 0 Å². The molecule has 8 heteroatoms. The predicted octanol–water partition coefficient (Wildman–Crippen LogP) is 6.04. The van der Waals surface area contributed by atoms with Crippen molar-refractivity contribution in [1.29, 1.82) is 0 Å². The van der Waals surface area contributed by atoms with Crippen molar-refractivity contribution in [2.45, 2.75) is 32.9 Å². The van der Waals surface area contributed by atoms with Crippen molar-refractivity contribution in [3.8, 4) is 11.4 Å². The maximum Gasteiger partial charge on any atom is 0.229 e. The van der Waals surface area contributed by atoms with E-state index in [1.807, 2.05) is 81.4 Å². The monoisotopic (exact) mass is 525 g/mol. The number of thiocarbonyl (C=S) groups is 1. The number of carbonyl (C=O) groups is 1. The molecule has 2 aromatic heterocycles. The van der Waals surface area contributed by atoms with Gasteiger partial charge < -0.3 is 24.8 Å². The van der Waals surface area contributed by atoms with Crippen LogP contribution in [0.2, 0.25) is 0 Å². The highest BCUT2D eigenvalue weighted by atomic mass is 32.1. The van der Waals surface area contributed by atoms with Crippen molar-refractivity contribution in [2.75, 3.05) is 17.3 Å². The minimum Gasteiger partial charge on any atom is -0.494 e. The van der Waals surface area contributed by atoms with Gasteiger partial charge in [0.25, 0.3) is 0 Å². The Morgan fingerprint density at radius 3 is 2.45 bits per heavy atom. The first-order valence-corrected chi connectivity index (χ1v) is 12.9. The number of benzene rings is 2. The number of ether oxygens (including phenoxy) is 1. The van der Waals surface area contributed by atoms with Crippen LogP contribution in [0.4, 0.5) is 11.4 Å². The van der Waals surface area contributed by atoms with E-state index in [0.29, 0.717) is 16.5 Å². The van der Waals surface area contributed by atoms with Crippen LogP contribution >= 0.6 is 12.2 Å². The second kappa shape index (κ2) is 10.3.